The molecule has 0 aliphatic rings. The van der Waals surface area contributed by atoms with Crippen LogP contribution in [0.2, 0.25) is 0 Å². The van der Waals surface area contributed by atoms with Gasteiger partial charge in [-0.3, -0.25) is 9.59 Å². The second-order valence-corrected chi connectivity index (χ2v) is 6.05. The largest absolute Gasteiger partial charge is 0.467 e. The lowest BCUT2D eigenvalue weighted by molar-refractivity contribution is -0.116. The summed E-state index contributed by atoms with van der Waals surface area (Å²) in [5, 5.41) is 5.59. The van der Waals surface area contributed by atoms with Crippen molar-refractivity contribution in [2.75, 3.05) is 11.1 Å². The molecule has 6 nitrogen and oxygen atoms in total. The number of carbonyl (C=O) groups is 2. The molecule has 2 amide bonds. The Labute approximate surface area is 157 Å². The number of amides is 2. The predicted octanol–water partition coefficient (Wildman–Crippen LogP) is 3.36. The molecule has 0 radical (unpaired) electrons. The molecule has 1 aromatic heterocycles. The second kappa shape index (κ2) is 8.71. The van der Waals surface area contributed by atoms with E-state index >= 15 is 0 Å². The molecule has 0 saturated heterocycles. The number of hydrogen-bond donors (Lipinski definition) is 3. The molecule has 3 aromatic rings. The van der Waals surface area contributed by atoms with Gasteiger partial charge in [0.15, 0.2) is 0 Å². The molecule has 1 heterocycles. The number of benzene rings is 2. The van der Waals surface area contributed by atoms with Crippen molar-refractivity contribution < 1.29 is 14.0 Å². The SMILES string of the molecule is Nc1ccccc1CCC(=O)Nc1ccccc1C(=O)NCc1ccco1. The topological polar surface area (TPSA) is 97.4 Å². The Kier molecular flexibility index (Phi) is 5.89. The van der Waals surface area contributed by atoms with E-state index in [9.17, 15) is 9.59 Å². The van der Waals surface area contributed by atoms with E-state index in [0.717, 1.165) is 5.56 Å². The number of nitrogens with two attached hydrogens (primary N) is 1. The van der Waals surface area contributed by atoms with Crippen molar-refractivity contribution in [1.29, 1.82) is 0 Å². The fourth-order valence-electron chi connectivity index (χ4n) is 2.69. The molecule has 3 rings (SSSR count). The number of para-hydroxylation sites is 2. The second-order valence-electron chi connectivity index (χ2n) is 6.05. The molecule has 2 aromatic carbocycles. The van der Waals surface area contributed by atoms with Crippen molar-refractivity contribution in [3.05, 3.63) is 83.8 Å². The first-order valence-corrected chi connectivity index (χ1v) is 8.66. The number of carbonyl (C=O) groups excluding carboxylic acids is 2. The fourth-order valence-corrected chi connectivity index (χ4v) is 2.69. The molecular formula is C21H21N3O3. The van der Waals surface area contributed by atoms with Gasteiger partial charge in [0.2, 0.25) is 5.91 Å². The number of hydrogen-bond acceptors (Lipinski definition) is 4. The van der Waals surface area contributed by atoms with Crippen molar-refractivity contribution in [3.8, 4) is 0 Å². The summed E-state index contributed by atoms with van der Waals surface area (Å²) in [7, 11) is 0. The first-order chi connectivity index (χ1) is 13.1. The van der Waals surface area contributed by atoms with Gasteiger partial charge in [0.05, 0.1) is 24.1 Å². The Morgan fingerprint density at radius 3 is 2.52 bits per heavy atom. The fraction of sp³-hybridized carbons (Fsp3) is 0.143. The third-order valence-electron chi connectivity index (χ3n) is 4.13. The Balaban J connectivity index is 1.60. The van der Waals surface area contributed by atoms with E-state index in [1.54, 1.807) is 42.7 Å². The van der Waals surface area contributed by atoms with Gasteiger partial charge in [-0.1, -0.05) is 30.3 Å². The number of rotatable bonds is 7. The molecule has 0 spiro atoms. The summed E-state index contributed by atoms with van der Waals surface area (Å²) in [6.07, 6.45) is 2.36. The monoisotopic (exact) mass is 363 g/mol. The molecule has 0 saturated carbocycles. The molecule has 6 heteroatoms. The van der Waals surface area contributed by atoms with Gasteiger partial charge < -0.3 is 20.8 Å². The van der Waals surface area contributed by atoms with Crippen LogP contribution in [0, 0.1) is 0 Å². The van der Waals surface area contributed by atoms with Crippen molar-refractivity contribution in [3.63, 3.8) is 0 Å². The highest BCUT2D eigenvalue weighted by Crippen LogP contribution is 2.17. The zero-order valence-electron chi connectivity index (χ0n) is 14.8. The smallest absolute Gasteiger partial charge is 0.253 e. The van der Waals surface area contributed by atoms with Gasteiger partial charge in [-0.2, -0.15) is 0 Å². The summed E-state index contributed by atoms with van der Waals surface area (Å²) >= 11 is 0. The molecule has 0 atom stereocenters. The molecule has 0 bridgehead atoms. The molecular weight excluding hydrogens is 342 g/mol. The highest BCUT2D eigenvalue weighted by atomic mass is 16.3. The summed E-state index contributed by atoms with van der Waals surface area (Å²) in [4.78, 5) is 24.8. The Hall–Kier alpha value is -3.54. The van der Waals surface area contributed by atoms with Gasteiger partial charge in [0.25, 0.3) is 5.91 Å². The standard InChI is InChI=1S/C21H21N3O3/c22-18-9-3-1-6-15(18)11-12-20(25)24-19-10-4-2-8-17(19)21(26)23-14-16-7-5-13-27-16/h1-10,13H,11-12,14,22H2,(H,23,26)(H,24,25). The molecule has 0 aliphatic carbocycles. The highest BCUT2D eigenvalue weighted by Gasteiger charge is 2.13. The summed E-state index contributed by atoms with van der Waals surface area (Å²) in [6, 6.07) is 17.9. The average molecular weight is 363 g/mol. The number of aryl methyl sites for hydroxylation is 1. The number of nitrogen functional groups attached to an aromatic ring is 1. The van der Waals surface area contributed by atoms with Gasteiger partial charge in [-0.05, 0) is 42.3 Å². The minimum Gasteiger partial charge on any atom is -0.467 e. The van der Waals surface area contributed by atoms with E-state index in [2.05, 4.69) is 10.6 Å². The third-order valence-corrected chi connectivity index (χ3v) is 4.13. The molecule has 138 valence electrons. The lowest BCUT2D eigenvalue weighted by Gasteiger charge is -2.11. The van der Waals surface area contributed by atoms with E-state index in [1.807, 2.05) is 24.3 Å². The van der Waals surface area contributed by atoms with Crippen LogP contribution in [-0.2, 0) is 17.8 Å². The number of anilines is 2. The summed E-state index contributed by atoms with van der Waals surface area (Å²) < 4.78 is 5.20. The average Bonchev–Trinajstić information content (AvgIpc) is 3.19. The third kappa shape index (κ3) is 4.98. The van der Waals surface area contributed by atoms with Crippen LogP contribution in [0.1, 0.15) is 28.1 Å². The zero-order chi connectivity index (χ0) is 19.1. The Morgan fingerprint density at radius 2 is 1.74 bits per heavy atom. The summed E-state index contributed by atoms with van der Waals surface area (Å²) in [5.41, 5.74) is 8.37. The van der Waals surface area contributed by atoms with Crippen LogP contribution in [0.4, 0.5) is 11.4 Å². The maximum absolute atomic E-state index is 12.4. The Morgan fingerprint density at radius 1 is 0.963 bits per heavy atom. The highest BCUT2D eigenvalue weighted by molar-refractivity contribution is 6.03. The Bertz CT molecular complexity index is 920. The first kappa shape index (κ1) is 18.3. The number of furan rings is 1. The normalized spacial score (nSPS) is 10.4. The maximum atomic E-state index is 12.4. The quantitative estimate of drug-likeness (QED) is 0.561. The van der Waals surface area contributed by atoms with Crippen LogP contribution in [0.15, 0.2) is 71.3 Å². The zero-order valence-corrected chi connectivity index (χ0v) is 14.8. The van der Waals surface area contributed by atoms with E-state index in [0.29, 0.717) is 29.1 Å². The van der Waals surface area contributed by atoms with Crippen LogP contribution in [-0.4, -0.2) is 11.8 Å². The molecule has 0 aliphatic heterocycles. The van der Waals surface area contributed by atoms with Crippen molar-refractivity contribution in [2.45, 2.75) is 19.4 Å². The first-order valence-electron chi connectivity index (χ1n) is 8.66. The van der Waals surface area contributed by atoms with Crippen molar-refractivity contribution >= 4 is 23.2 Å². The summed E-state index contributed by atoms with van der Waals surface area (Å²) in [5.74, 6) is 0.199. The lowest BCUT2D eigenvalue weighted by atomic mass is 10.1. The lowest BCUT2D eigenvalue weighted by Crippen LogP contribution is -2.24. The molecule has 0 unspecified atom stereocenters. The van der Waals surface area contributed by atoms with E-state index in [-0.39, 0.29) is 24.8 Å². The maximum Gasteiger partial charge on any atom is 0.253 e. The predicted molar refractivity (Wildman–Crippen MR) is 104 cm³/mol. The molecule has 0 fully saturated rings. The summed E-state index contributed by atoms with van der Waals surface area (Å²) in [6.45, 7) is 0.279. The van der Waals surface area contributed by atoms with Crippen LogP contribution in [0.3, 0.4) is 0 Å². The van der Waals surface area contributed by atoms with Crippen molar-refractivity contribution in [1.82, 2.24) is 5.32 Å². The molecule has 4 N–H and O–H groups in total. The number of nitrogens with one attached hydrogen (secondary N) is 2. The van der Waals surface area contributed by atoms with Gasteiger partial charge in [-0.25, -0.2) is 0 Å². The van der Waals surface area contributed by atoms with Gasteiger partial charge in [0, 0.05) is 12.1 Å². The van der Waals surface area contributed by atoms with Gasteiger partial charge >= 0.3 is 0 Å². The van der Waals surface area contributed by atoms with Crippen molar-refractivity contribution in [2.24, 2.45) is 0 Å². The van der Waals surface area contributed by atoms with Crippen LogP contribution in [0.5, 0.6) is 0 Å². The van der Waals surface area contributed by atoms with Gasteiger partial charge in [0.1, 0.15) is 5.76 Å². The van der Waals surface area contributed by atoms with Crippen LogP contribution < -0.4 is 16.4 Å². The minimum absolute atomic E-state index is 0.176. The van der Waals surface area contributed by atoms with E-state index < -0.39 is 0 Å². The van der Waals surface area contributed by atoms with Crippen LogP contribution in [0.25, 0.3) is 0 Å². The van der Waals surface area contributed by atoms with E-state index in [1.165, 1.54) is 0 Å². The van der Waals surface area contributed by atoms with Crippen LogP contribution >= 0.6 is 0 Å². The minimum atomic E-state index is -0.283. The molecule has 27 heavy (non-hydrogen) atoms. The van der Waals surface area contributed by atoms with E-state index in [4.69, 9.17) is 10.2 Å². The van der Waals surface area contributed by atoms with Gasteiger partial charge in [-0.15, -0.1) is 0 Å².